The number of anilines is 2. The van der Waals surface area contributed by atoms with Gasteiger partial charge in [-0.15, -0.1) is 11.3 Å². The van der Waals surface area contributed by atoms with E-state index in [1.807, 2.05) is 5.38 Å². The second-order valence-corrected chi connectivity index (χ2v) is 7.22. The number of carbonyl (C=O) groups excluding carboxylic acids is 1. The lowest BCUT2D eigenvalue weighted by Crippen LogP contribution is -2.38. The van der Waals surface area contributed by atoms with Crippen molar-refractivity contribution in [3.05, 3.63) is 54.1 Å². The zero-order valence-corrected chi connectivity index (χ0v) is 15.3. The molecule has 4 rings (SSSR count). The van der Waals surface area contributed by atoms with Gasteiger partial charge in [0.15, 0.2) is 5.13 Å². The highest BCUT2D eigenvalue weighted by Gasteiger charge is 2.26. The molecule has 0 unspecified atom stereocenters. The Balaban J connectivity index is 1.35. The lowest BCUT2D eigenvalue weighted by Gasteiger charge is -2.31. The van der Waals surface area contributed by atoms with Crippen LogP contribution in [0.25, 0.3) is 11.3 Å². The van der Waals surface area contributed by atoms with Crippen molar-refractivity contribution in [1.29, 1.82) is 0 Å². The molecule has 1 amide bonds. The average molecular weight is 383 g/mol. The molecule has 1 fully saturated rings. The van der Waals surface area contributed by atoms with Crippen molar-refractivity contribution in [2.24, 2.45) is 5.92 Å². The molecule has 27 heavy (non-hydrogen) atoms. The highest BCUT2D eigenvalue weighted by Crippen LogP contribution is 2.27. The van der Waals surface area contributed by atoms with Crippen LogP contribution in [0.2, 0.25) is 0 Å². The molecule has 0 atom stereocenters. The summed E-state index contributed by atoms with van der Waals surface area (Å²) >= 11 is 1.35. The Morgan fingerprint density at radius 1 is 1.26 bits per heavy atom. The summed E-state index contributed by atoms with van der Waals surface area (Å²) in [6.07, 6.45) is 6.57. The van der Waals surface area contributed by atoms with Gasteiger partial charge in [0.1, 0.15) is 11.6 Å². The predicted octanol–water partition coefficient (Wildman–Crippen LogP) is 3.59. The van der Waals surface area contributed by atoms with Gasteiger partial charge in [0, 0.05) is 42.3 Å². The minimum Gasteiger partial charge on any atom is -0.355 e. The van der Waals surface area contributed by atoms with Crippen LogP contribution in [0, 0.1) is 11.7 Å². The Bertz CT molecular complexity index is 925. The van der Waals surface area contributed by atoms with Crippen molar-refractivity contribution in [1.82, 2.24) is 15.0 Å². The summed E-state index contributed by atoms with van der Waals surface area (Å²) < 4.78 is 13.4. The normalized spacial score (nSPS) is 14.9. The zero-order chi connectivity index (χ0) is 18.6. The average Bonchev–Trinajstić information content (AvgIpc) is 3.17. The molecule has 0 radical (unpaired) electrons. The van der Waals surface area contributed by atoms with Gasteiger partial charge in [-0.2, -0.15) is 0 Å². The summed E-state index contributed by atoms with van der Waals surface area (Å²) in [4.78, 5) is 27.5. The lowest BCUT2D eigenvalue weighted by atomic mass is 9.96. The van der Waals surface area contributed by atoms with E-state index in [1.165, 1.54) is 23.5 Å². The highest BCUT2D eigenvalue weighted by atomic mass is 32.1. The van der Waals surface area contributed by atoms with E-state index in [2.05, 4.69) is 25.2 Å². The fourth-order valence-electron chi connectivity index (χ4n) is 3.14. The molecule has 1 aliphatic heterocycles. The van der Waals surface area contributed by atoms with Gasteiger partial charge in [-0.25, -0.2) is 14.4 Å². The number of halogens is 1. The van der Waals surface area contributed by atoms with Crippen molar-refractivity contribution in [2.75, 3.05) is 23.3 Å². The second-order valence-electron chi connectivity index (χ2n) is 6.36. The van der Waals surface area contributed by atoms with Gasteiger partial charge in [0.25, 0.3) is 0 Å². The quantitative estimate of drug-likeness (QED) is 0.745. The molecule has 1 saturated heterocycles. The van der Waals surface area contributed by atoms with Crippen molar-refractivity contribution < 1.29 is 9.18 Å². The fourth-order valence-corrected chi connectivity index (χ4v) is 3.87. The number of thiazole rings is 1. The van der Waals surface area contributed by atoms with Crippen LogP contribution in [0.15, 0.2) is 48.2 Å². The number of amides is 1. The van der Waals surface area contributed by atoms with Gasteiger partial charge in [-0.1, -0.05) is 12.1 Å². The maximum absolute atomic E-state index is 13.4. The summed E-state index contributed by atoms with van der Waals surface area (Å²) in [7, 11) is 0. The minimum absolute atomic E-state index is 0.0195. The zero-order valence-electron chi connectivity index (χ0n) is 14.5. The largest absolute Gasteiger partial charge is 0.355 e. The van der Waals surface area contributed by atoms with Crippen molar-refractivity contribution in [3.8, 4) is 11.3 Å². The first kappa shape index (κ1) is 17.5. The van der Waals surface area contributed by atoms with Gasteiger partial charge in [-0.05, 0) is 25.0 Å². The summed E-state index contributed by atoms with van der Waals surface area (Å²) in [5, 5.41) is 5.26. The first-order chi connectivity index (χ1) is 13.2. The molecule has 3 aromatic rings. The fraction of sp³-hybridized carbons (Fsp3) is 0.263. The van der Waals surface area contributed by atoms with Gasteiger partial charge in [0.05, 0.1) is 11.9 Å². The molecule has 2 aromatic heterocycles. The Morgan fingerprint density at radius 3 is 2.85 bits per heavy atom. The van der Waals surface area contributed by atoms with E-state index in [9.17, 15) is 9.18 Å². The van der Waals surface area contributed by atoms with Crippen LogP contribution in [-0.2, 0) is 4.79 Å². The first-order valence-corrected chi connectivity index (χ1v) is 9.60. The Kier molecular flexibility index (Phi) is 5.06. The standard InChI is InChI=1S/C19H18FN5OS/c20-15-3-1-2-14(10-15)16-12-27-19(23-16)24-18(26)13-4-8-25(9-5-13)17-11-21-6-7-22-17/h1-3,6-7,10-13H,4-5,8-9H2,(H,23,24,26). The molecule has 0 bridgehead atoms. The van der Waals surface area contributed by atoms with E-state index in [0.717, 1.165) is 31.7 Å². The number of carbonyl (C=O) groups is 1. The molecule has 0 aliphatic carbocycles. The smallest absolute Gasteiger partial charge is 0.229 e. The molecule has 0 saturated carbocycles. The van der Waals surface area contributed by atoms with Gasteiger partial charge >= 0.3 is 0 Å². The third kappa shape index (κ3) is 4.11. The van der Waals surface area contributed by atoms with Gasteiger partial charge < -0.3 is 10.2 Å². The van der Waals surface area contributed by atoms with Crippen LogP contribution in [0.4, 0.5) is 15.3 Å². The topological polar surface area (TPSA) is 71.0 Å². The minimum atomic E-state index is -0.305. The maximum Gasteiger partial charge on any atom is 0.229 e. The predicted molar refractivity (Wildman–Crippen MR) is 103 cm³/mol. The Hall–Kier alpha value is -2.87. The van der Waals surface area contributed by atoms with E-state index in [-0.39, 0.29) is 17.6 Å². The molecular formula is C19H18FN5OS. The number of nitrogens with zero attached hydrogens (tertiary/aromatic N) is 4. The summed E-state index contributed by atoms with van der Waals surface area (Å²) in [5.41, 5.74) is 1.36. The van der Waals surface area contributed by atoms with Crippen LogP contribution < -0.4 is 10.2 Å². The van der Waals surface area contributed by atoms with Crippen LogP contribution in [-0.4, -0.2) is 33.9 Å². The van der Waals surface area contributed by atoms with Gasteiger partial charge in [0.2, 0.25) is 5.91 Å². The molecule has 138 valence electrons. The number of hydrogen-bond acceptors (Lipinski definition) is 6. The molecule has 1 aliphatic rings. The monoisotopic (exact) mass is 383 g/mol. The number of hydrogen-bond donors (Lipinski definition) is 1. The van der Waals surface area contributed by atoms with E-state index >= 15 is 0 Å². The van der Waals surface area contributed by atoms with E-state index in [1.54, 1.807) is 30.7 Å². The second kappa shape index (κ2) is 7.79. The lowest BCUT2D eigenvalue weighted by molar-refractivity contribution is -0.120. The van der Waals surface area contributed by atoms with Crippen molar-refractivity contribution >= 4 is 28.2 Å². The molecule has 1 aromatic carbocycles. The SMILES string of the molecule is O=C(Nc1nc(-c2cccc(F)c2)cs1)C1CCN(c2cnccn2)CC1. The van der Waals surface area contributed by atoms with Crippen LogP contribution >= 0.6 is 11.3 Å². The third-order valence-electron chi connectivity index (χ3n) is 4.59. The summed E-state index contributed by atoms with van der Waals surface area (Å²) in [5.74, 6) is 0.463. The number of benzene rings is 1. The summed E-state index contributed by atoms with van der Waals surface area (Å²) in [6.45, 7) is 1.53. The van der Waals surface area contributed by atoms with E-state index in [4.69, 9.17) is 0 Å². The molecule has 6 nitrogen and oxygen atoms in total. The molecule has 3 heterocycles. The molecule has 8 heteroatoms. The number of rotatable bonds is 4. The Labute approximate surface area is 160 Å². The number of aromatic nitrogens is 3. The van der Waals surface area contributed by atoms with Crippen LogP contribution in [0.5, 0.6) is 0 Å². The number of piperidine rings is 1. The third-order valence-corrected chi connectivity index (χ3v) is 5.35. The highest BCUT2D eigenvalue weighted by molar-refractivity contribution is 7.14. The first-order valence-electron chi connectivity index (χ1n) is 8.72. The molecule has 1 N–H and O–H groups in total. The van der Waals surface area contributed by atoms with Gasteiger partial charge in [-0.3, -0.25) is 9.78 Å². The maximum atomic E-state index is 13.4. The van der Waals surface area contributed by atoms with Crippen molar-refractivity contribution in [3.63, 3.8) is 0 Å². The van der Waals surface area contributed by atoms with Crippen LogP contribution in [0.1, 0.15) is 12.8 Å². The summed E-state index contributed by atoms with van der Waals surface area (Å²) in [6, 6.07) is 6.27. The van der Waals surface area contributed by atoms with Crippen molar-refractivity contribution in [2.45, 2.75) is 12.8 Å². The van der Waals surface area contributed by atoms with Crippen LogP contribution in [0.3, 0.4) is 0 Å². The Morgan fingerprint density at radius 2 is 2.11 bits per heavy atom. The van der Waals surface area contributed by atoms with E-state index in [0.29, 0.717) is 16.4 Å². The molecular weight excluding hydrogens is 365 g/mol. The molecule has 0 spiro atoms. The van der Waals surface area contributed by atoms with E-state index < -0.39 is 0 Å². The number of nitrogens with one attached hydrogen (secondary N) is 1.